The van der Waals surface area contributed by atoms with Gasteiger partial charge in [-0.1, -0.05) is 66.7 Å². The molecule has 1 amide bonds. The van der Waals surface area contributed by atoms with Crippen LogP contribution in [0.15, 0.2) is 77.9 Å². The summed E-state index contributed by atoms with van der Waals surface area (Å²) in [6.07, 6.45) is 1.99. The summed E-state index contributed by atoms with van der Waals surface area (Å²) < 4.78 is 0. The van der Waals surface area contributed by atoms with Gasteiger partial charge in [-0.25, -0.2) is 5.43 Å². The van der Waals surface area contributed by atoms with Crippen LogP contribution in [0.1, 0.15) is 11.1 Å². The van der Waals surface area contributed by atoms with Gasteiger partial charge in [-0.2, -0.15) is 5.10 Å². The fraction of sp³-hybridized carbons (Fsp3) is 0.0526. The van der Waals surface area contributed by atoms with Crippen LogP contribution in [-0.4, -0.2) is 12.1 Å². The molecule has 0 atom stereocenters. The van der Waals surface area contributed by atoms with E-state index in [1.165, 1.54) is 5.39 Å². The fourth-order valence-corrected chi connectivity index (χ4v) is 2.29. The van der Waals surface area contributed by atoms with E-state index in [9.17, 15) is 4.79 Å². The molecule has 108 valence electrons. The molecule has 0 saturated carbocycles. The van der Waals surface area contributed by atoms with E-state index in [1.54, 1.807) is 6.21 Å². The lowest BCUT2D eigenvalue weighted by molar-refractivity contribution is -0.120. The molecule has 0 aromatic heterocycles. The predicted molar refractivity (Wildman–Crippen MR) is 89.8 cm³/mol. The minimum absolute atomic E-state index is 0.122. The Balaban J connectivity index is 1.62. The number of amides is 1. The Bertz CT molecular complexity index is 810. The van der Waals surface area contributed by atoms with E-state index >= 15 is 0 Å². The van der Waals surface area contributed by atoms with Crippen LogP contribution >= 0.6 is 0 Å². The van der Waals surface area contributed by atoms with E-state index in [1.807, 2.05) is 60.7 Å². The molecule has 3 heteroatoms. The third kappa shape index (κ3) is 3.58. The smallest absolute Gasteiger partial charge is 0.244 e. The molecule has 0 aliphatic heterocycles. The molecule has 3 aromatic rings. The van der Waals surface area contributed by atoms with Gasteiger partial charge in [0.25, 0.3) is 0 Å². The van der Waals surface area contributed by atoms with Gasteiger partial charge in [-0.05, 0) is 28.0 Å². The molecule has 0 fully saturated rings. The van der Waals surface area contributed by atoms with Crippen molar-refractivity contribution in [3.05, 3.63) is 83.9 Å². The van der Waals surface area contributed by atoms with E-state index in [2.05, 4.69) is 22.7 Å². The summed E-state index contributed by atoms with van der Waals surface area (Å²) in [7, 11) is 0. The first-order valence-corrected chi connectivity index (χ1v) is 7.16. The van der Waals surface area contributed by atoms with Crippen LogP contribution in [0, 0.1) is 0 Å². The van der Waals surface area contributed by atoms with Crippen molar-refractivity contribution in [1.82, 2.24) is 5.43 Å². The Kier molecular flexibility index (Phi) is 4.25. The molecule has 22 heavy (non-hydrogen) atoms. The number of hydrogen-bond donors (Lipinski definition) is 1. The van der Waals surface area contributed by atoms with Crippen molar-refractivity contribution in [2.75, 3.05) is 0 Å². The Hall–Kier alpha value is -2.94. The molecule has 0 spiro atoms. The molecule has 0 radical (unpaired) electrons. The van der Waals surface area contributed by atoms with Gasteiger partial charge >= 0.3 is 0 Å². The number of nitrogens with zero attached hydrogens (tertiary/aromatic N) is 1. The SMILES string of the molecule is O=C(Cc1ccccc1)N/N=C\c1ccc2ccccc2c1. The van der Waals surface area contributed by atoms with Crippen LogP contribution in [0.5, 0.6) is 0 Å². The minimum Gasteiger partial charge on any atom is -0.273 e. The lowest BCUT2D eigenvalue weighted by atomic mass is 10.1. The zero-order valence-electron chi connectivity index (χ0n) is 12.1. The van der Waals surface area contributed by atoms with E-state index < -0.39 is 0 Å². The lowest BCUT2D eigenvalue weighted by Crippen LogP contribution is -2.19. The minimum atomic E-state index is -0.122. The fourth-order valence-electron chi connectivity index (χ4n) is 2.29. The molecule has 3 rings (SSSR count). The first-order chi connectivity index (χ1) is 10.8. The average molecular weight is 288 g/mol. The van der Waals surface area contributed by atoms with Gasteiger partial charge in [-0.15, -0.1) is 0 Å². The van der Waals surface area contributed by atoms with Gasteiger partial charge < -0.3 is 0 Å². The second-order valence-electron chi connectivity index (χ2n) is 5.06. The molecular formula is C19H16N2O. The Morgan fingerprint density at radius 3 is 2.45 bits per heavy atom. The summed E-state index contributed by atoms with van der Waals surface area (Å²) in [6, 6.07) is 23.8. The van der Waals surface area contributed by atoms with Crippen LogP contribution < -0.4 is 5.43 Å². The maximum Gasteiger partial charge on any atom is 0.244 e. The molecule has 1 N–H and O–H groups in total. The highest BCUT2D eigenvalue weighted by molar-refractivity contribution is 5.91. The van der Waals surface area contributed by atoms with Crippen molar-refractivity contribution in [2.45, 2.75) is 6.42 Å². The van der Waals surface area contributed by atoms with Crippen LogP contribution in [-0.2, 0) is 11.2 Å². The second-order valence-corrected chi connectivity index (χ2v) is 5.06. The van der Waals surface area contributed by atoms with E-state index in [0.717, 1.165) is 16.5 Å². The standard InChI is InChI=1S/C19H16N2O/c22-19(13-15-6-2-1-3-7-15)21-20-14-16-10-11-17-8-4-5-9-18(17)12-16/h1-12,14H,13H2,(H,21,22)/b20-14-. The zero-order valence-corrected chi connectivity index (χ0v) is 12.1. The summed E-state index contributed by atoms with van der Waals surface area (Å²) in [6.45, 7) is 0. The Labute approximate surface area is 129 Å². The molecule has 0 aliphatic rings. The molecule has 3 nitrogen and oxygen atoms in total. The van der Waals surface area contributed by atoms with E-state index in [-0.39, 0.29) is 5.91 Å². The van der Waals surface area contributed by atoms with Crippen molar-refractivity contribution >= 4 is 22.9 Å². The number of hydrazone groups is 1. The zero-order chi connectivity index (χ0) is 15.2. The van der Waals surface area contributed by atoms with Crippen molar-refractivity contribution in [3.8, 4) is 0 Å². The third-order valence-electron chi connectivity index (χ3n) is 3.38. The molecule has 0 unspecified atom stereocenters. The molecule has 0 heterocycles. The summed E-state index contributed by atoms with van der Waals surface area (Å²) in [5.41, 5.74) is 4.49. The highest BCUT2D eigenvalue weighted by atomic mass is 16.2. The quantitative estimate of drug-likeness (QED) is 0.579. The van der Waals surface area contributed by atoms with Crippen LogP contribution in [0.3, 0.4) is 0 Å². The monoisotopic (exact) mass is 288 g/mol. The third-order valence-corrected chi connectivity index (χ3v) is 3.38. The van der Waals surface area contributed by atoms with Crippen molar-refractivity contribution in [2.24, 2.45) is 5.10 Å². The van der Waals surface area contributed by atoms with Crippen LogP contribution in [0.25, 0.3) is 10.8 Å². The van der Waals surface area contributed by atoms with Gasteiger partial charge in [0.15, 0.2) is 0 Å². The van der Waals surface area contributed by atoms with Gasteiger partial charge in [-0.3, -0.25) is 4.79 Å². The Morgan fingerprint density at radius 1 is 0.909 bits per heavy atom. The van der Waals surface area contributed by atoms with Gasteiger partial charge in [0.1, 0.15) is 0 Å². The normalized spacial score (nSPS) is 10.9. The average Bonchev–Trinajstić information content (AvgIpc) is 2.55. The van der Waals surface area contributed by atoms with Gasteiger partial charge in [0, 0.05) is 0 Å². The number of nitrogens with one attached hydrogen (secondary N) is 1. The largest absolute Gasteiger partial charge is 0.273 e. The molecule has 3 aromatic carbocycles. The molecular weight excluding hydrogens is 272 g/mol. The van der Waals surface area contributed by atoms with Gasteiger partial charge in [0.05, 0.1) is 12.6 Å². The van der Waals surface area contributed by atoms with Crippen LogP contribution in [0.4, 0.5) is 0 Å². The summed E-state index contributed by atoms with van der Waals surface area (Å²) in [4.78, 5) is 11.8. The summed E-state index contributed by atoms with van der Waals surface area (Å²) in [5, 5.41) is 6.36. The number of benzene rings is 3. The van der Waals surface area contributed by atoms with Crippen molar-refractivity contribution < 1.29 is 4.79 Å². The maximum absolute atomic E-state index is 11.8. The number of carbonyl (C=O) groups is 1. The van der Waals surface area contributed by atoms with Crippen molar-refractivity contribution in [1.29, 1.82) is 0 Å². The lowest BCUT2D eigenvalue weighted by Gasteiger charge is -2.01. The van der Waals surface area contributed by atoms with Crippen LogP contribution in [0.2, 0.25) is 0 Å². The number of rotatable bonds is 4. The molecule has 0 bridgehead atoms. The van der Waals surface area contributed by atoms with E-state index in [4.69, 9.17) is 0 Å². The summed E-state index contributed by atoms with van der Waals surface area (Å²) >= 11 is 0. The maximum atomic E-state index is 11.8. The highest BCUT2D eigenvalue weighted by Gasteiger charge is 2.00. The first kappa shape index (κ1) is 14.0. The first-order valence-electron chi connectivity index (χ1n) is 7.16. The topological polar surface area (TPSA) is 41.5 Å². The van der Waals surface area contributed by atoms with E-state index in [0.29, 0.717) is 6.42 Å². The number of carbonyl (C=O) groups excluding carboxylic acids is 1. The van der Waals surface area contributed by atoms with Gasteiger partial charge in [0.2, 0.25) is 5.91 Å². The summed E-state index contributed by atoms with van der Waals surface area (Å²) in [5.74, 6) is -0.122. The second kappa shape index (κ2) is 6.68. The number of fused-ring (bicyclic) bond motifs is 1. The predicted octanol–water partition coefficient (Wildman–Crippen LogP) is 3.53. The Morgan fingerprint density at radius 2 is 1.64 bits per heavy atom. The molecule has 0 aliphatic carbocycles. The molecule has 0 saturated heterocycles. The highest BCUT2D eigenvalue weighted by Crippen LogP contribution is 2.14. The number of hydrogen-bond acceptors (Lipinski definition) is 2. The van der Waals surface area contributed by atoms with Crippen molar-refractivity contribution in [3.63, 3.8) is 0 Å².